The first-order valence-electron chi connectivity index (χ1n) is 9.06. The number of rotatable bonds is 7. The second kappa shape index (κ2) is 9.72. The molecule has 1 aliphatic heterocycles. The van der Waals surface area contributed by atoms with Gasteiger partial charge in [0.15, 0.2) is 0 Å². The highest BCUT2D eigenvalue weighted by atomic mass is 16.5. The number of hydrogen-bond acceptors (Lipinski definition) is 7. The average Bonchev–Trinajstić information content (AvgIpc) is 2.73. The summed E-state index contributed by atoms with van der Waals surface area (Å²) in [6, 6.07) is 7.24. The Labute approximate surface area is 159 Å². The zero-order chi connectivity index (χ0) is 18.9. The molecule has 1 saturated heterocycles. The van der Waals surface area contributed by atoms with Gasteiger partial charge in [-0.1, -0.05) is 12.1 Å². The highest BCUT2D eigenvalue weighted by Crippen LogP contribution is 2.23. The Morgan fingerprint density at radius 1 is 1.19 bits per heavy atom. The summed E-state index contributed by atoms with van der Waals surface area (Å²) in [5.74, 6) is 1.53. The minimum atomic E-state index is -0.466. The number of benzene rings is 1. The lowest BCUT2D eigenvalue weighted by molar-refractivity contribution is 0.151. The van der Waals surface area contributed by atoms with Crippen LogP contribution in [0.3, 0.4) is 0 Å². The van der Waals surface area contributed by atoms with Gasteiger partial charge in [0, 0.05) is 45.1 Å². The minimum absolute atomic E-state index is 0.380. The SMILES string of the molecule is COc1ccccc1NC(=O)OCCCN1CCN(c2cnccn2)CC1. The van der Waals surface area contributed by atoms with Gasteiger partial charge in [-0.25, -0.2) is 9.78 Å². The topological polar surface area (TPSA) is 79.8 Å². The van der Waals surface area contributed by atoms with E-state index in [9.17, 15) is 4.79 Å². The first kappa shape index (κ1) is 18.9. The number of carbonyl (C=O) groups is 1. The Morgan fingerprint density at radius 2 is 2.00 bits per heavy atom. The van der Waals surface area contributed by atoms with Gasteiger partial charge in [-0.2, -0.15) is 0 Å². The Morgan fingerprint density at radius 3 is 2.74 bits per heavy atom. The Balaban J connectivity index is 1.32. The Hall–Kier alpha value is -2.87. The number of aromatic nitrogens is 2. The summed E-state index contributed by atoms with van der Waals surface area (Å²) >= 11 is 0. The Kier molecular flexibility index (Phi) is 6.81. The largest absolute Gasteiger partial charge is 0.495 e. The van der Waals surface area contributed by atoms with E-state index in [0.29, 0.717) is 18.0 Å². The normalized spacial score (nSPS) is 14.6. The number of para-hydroxylation sites is 2. The molecule has 1 aromatic heterocycles. The number of hydrogen-bond donors (Lipinski definition) is 1. The number of ether oxygens (including phenoxy) is 2. The van der Waals surface area contributed by atoms with Crippen LogP contribution in [0.4, 0.5) is 16.3 Å². The van der Waals surface area contributed by atoms with Crippen molar-refractivity contribution in [2.45, 2.75) is 6.42 Å². The van der Waals surface area contributed by atoms with Crippen molar-refractivity contribution in [2.24, 2.45) is 0 Å². The summed E-state index contributed by atoms with van der Waals surface area (Å²) < 4.78 is 10.5. The maximum absolute atomic E-state index is 11.9. The van der Waals surface area contributed by atoms with Gasteiger partial charge in [0.1, 0.15) is 11.6 Å². The van der Waals surface area contributed by atoms with Crippen LogP contribution in [0, 0.1) is 0 Å². The summed E-state index contributed by atoms with van der Waals surface area (Å²) in [4.78, 5) is 25.0. The molecule has 8 heteroatoms. The summed E-state index contributed by atoms with van der Waals surface area (Å²) in [6.07, 6.45) is 5.53. The monoisotopic (exact) mass is 371 g/mol. The molecule has 0 unspecified atom stereocenters. The predicted molar refractivity (Wildman–Crippen MR) is 103 cm³/mol. The number of amides is 1. The summed E-state index contributed by atoms with van der Waals surface area (Å²) in [6.45, 7) is 5.05. The zero-order valence-electron chi connectivity index (χ0n) is 15.5. The fourth-order valence-corrected chi connectivity index (χ4v) is 3.00. The zero-order valence-corrected chi connectivity index (χ0v) is 15.5. The van der Waals surface area contributed by atoms with Crippen molar-refractivity contribution in [3.63, 3.8) is 0 Å². The van der Waals surface area contributed by atoms with Gasteiger partial charge in [-0.05, 0) is 18.6 Å². The van der Waals surface area contributed by atoms with Crippen molar-refractivity contribution in [1.82, 2.24) is 14.9 Å². The van der Waals surface area contributed by atoms with Gasteiger partial charge in [0.25, 0.3) is 0 Å². The van der Waals surface area contributed by atoms with Gasteiger partial charge in [0.05, 0.1) is 25.6 Å². The van der Waals surface area contributed by atoms with Gasteiger partial charge >= 0.3 is 6.09 Å². The summed E-state index contributed by atoms with van der Waals surface area (Å²) in [5.41, 5.74) is 0.602. The lowest BCUT2D eigenvalue weighted by atomic mass is 10.3. The Bertz CT molecular complexity index is 720. The second-order valence-electron chi connectivity index (χ2n) is 6.21. The number of anilines is 2. The molecular formula is C19H25N5O3. The number of methoxy groups -OCH3 is 1. The maximum atomic E-state index is 11.9. The summed E-state index contributed by atoms with van der Waals surface area (Å²) in [5, 5.41) is 2.70. The predicted octanol–water partition coefficient (Wildman–Crippen LogP) is 2.25. The second-order valence-corrected chi connectivity index (χ2v) is 6.21. The van der Waals surface area contributed by atoms with Crippen LogP contribution < -0.4 is 15.0 Å². The molecule has 1 fully saturated rings. The van der Waals surface area contributed by atoms with Crippen molar-refractivity contribution in [3.8, 4) is 5.75 Å². The van der Waals surface area contributed by atoms with Crippen LogP contribution in [-0.2, 0) is 4.74 Å². The van der Waals surface area contributed by atoms with E-state index in [1.165, 1.54) is 0 Å². The average molecular weight is 371 g/mol. The van der Waals surface area contributed by atoms with Crippen LogP contribution in [0.1, 0.15) is 6.42 Å². The summed E-state index contributed by atoms with van der Waals surface area (Å²) in [7, 11) is 1.57. The smallest absolute Gasteiger partial charge is 0.411 e. The molecule has 1 aliphatic rings. The molecule has 0 saturated carbocycles. The fourth-order valence-electron chi connectivity index (χ4n) is 3.00. The number of nitrogens with zero attached hydrogens (tertiary/aromatic N) is 4. The molecule has 2 aromatic rings. The van der Waals surface area contributed by atoms with Crippen molar-refractivity contribution in [3.05, 3.63) is 42.9 Å². The first-order valence-corrected chi connectivity index (χ1v) is 9.06. The van der Waals surface area contributed by atoms with Crippen LogP contribution in [0.5, 0.6) is 5.75 Å². The van der Waals surface area contributed by atoms with Gasteiger partial charge in [0.2, 0.25) is 0 Å². The molecule has 1 aromatic carbocycles. The van der Waals surface area contributed by atoms with Crippen LogP contribution in [0.25, 0.3) is 0 Å². The lowest BCUT2D eigenvalue weighted by Crippen LogP contribution is -2.47. The molecule has 0 spiro atoms. The molecule has 8 nitrogen and oxygen atoms in total. The van der Waals surface area contributed by atoms with E-state index in [1.54, 1.807) is 37.8 Å². The van der Waals surface area contributed by atoms with E-state index in [-0.39, 0.29) is 0 Å². The standard InChI is InChI=1S/C19H25N5O3/c1-26-17-6-3-2-5-16(17)22-19(25)27-14-4-9-23-10-12-24(13-11-23)18-15-20-7-8-21-18/h2-3,5-8,15H,4,9-14H2,1H3,(H,22,25). The maximum Gasteiger partial charge on any atom is 0.411 e. The molecule has 2 heterocycles. The molecular weight excluding hydrogens is 346 g/mol. The van der Waals surface area contributed by atoms with E-state index in [0.717, 1.165) is 45.0 Å². The van der Waals surface area contributed by atoms with Gasteiger partial charge in [-0.3, -0.25) is 15.2 Å². The molecule has 0 aliphatic carbocycles. The molecule has 0 radical (unpaired) electrons. The van der Waals surface area contributed by atoms with Crippen LogP contribution in [0.15, 0.2) is 42.9 Å². The van der Waals surface area contributed by atoms with Crippen molar-refractivity contribution >= 4 is 17.6 Å². The highest BCUT2D eigenvalue weighted by Gasteiger charge is 2.17. The third-order valence-electron chi connectivity index (χ3n) is 4.44. The van der Waals surface area contributed by atoms with Gasteiger partial charge in [-0.15, -0.1) is 0 Å². The van der Waals surface area contributed by atoms with E-state index in [2.05, 4.69) is 25.1 Å². The lowest BCUT2D eigenvalue weighted by Gasteiger charge is -2.35. The van der Waals surface area contributed by atoms with E-state index < -0.39 is 6.09 Å². The van der Waals surface area contributed by atoms with Crippen LogP contribution in [-0.4, -0.2) is 67.4 Å². The molecule has 27 heavy (non-hydrogen) atoms. The fraction of sp³-hybridized carbons (Fsp3) is 0.421. The van der Waals surface area contributed by atoms with E-state index in [4.69, 9.17) is 9.47 Å². The molecule has 144 valence electrons. The molecule has 0 atom stereocenters. The van der Waals surface area contributed by atoms with E-state index >= 15 is 0 Å². The minimum Gasteiger partial charge on any atom is -0.495 e. The van der Waals surface area contributed by atoms with Crippen molar-refractivity contribution in [2.75, 3.05) is 56.7 Å². The van der Waals surface area contributed by atoms with Crippen molar-refractivity contribution < 1.29 is 14.3 Å². The highest BCUT2D eigenvalue weighted by molar-refractivity contribution is 5.86. The number of piperazine rings is 1. The molecule has 1 amide bonds. The first-order chi connectivity index (χ1) is 13.3. The molecule has 1 N–H and O–H groups in total. The third-order valence-corrected chi connectivity index (χ3v) is 4.44. The van der Waals surface area contributed by atoms with Crippen LogP contribution >= 0.6 is 0 Å². The molecule has 0 bridgehead atoms. The van der Waals surface area contributed by atoms with E-state index in [1.807, 2.05) is 12.1 Å². The number of carbonyl (C=O) groups excluding carboxylic acids is 1. The van der Waals surface area contributed by atoms with Crippen LogP contribution in [0.2, 0.25) is 0 Å². The number of nitrogens with one attached hydrogen (secondary N) is 1. The quantitative estimate of drug-likeness (QED) is 0.748. The van der Waals surface area contributed by atoms with Crippen molar-refractivity contribution in [1.29, 1.82) is 0 Å². The molecule has 3 rings (SSSR count). The van der Waals surface area contributed by atoms with Gasteiger partial charge < -0.3 is 14.4 Å². The third kappa shape index (κ3) is 5.55.